The fourth-order valence-electron chi connectivity index (χ4n) is 1.86. The third kappa shape index (κ3) is 2.89. The molecule has 106 valence electrons. The molecule has 0 radical (unpaired) electrons. The Kier molecular flexibility index (Phi) is 4.20. The number of halogens is 2. The van der Waals surface area contributed by atoms with Crippen LogP contribution in [0.1, 0.15) is 29.0 Å². The van der Waals surface area contributed by atoms with Crippen LogP contribution >= 0.6 is 23.2 Å². The van der Waals surface area contributed by atoms with Gasteiger partial charge in [0.25, 0.3) is 5.91 Å². The highest BCUT2D eigenvalue weighted by Crippen LogP contribution is 2.29. The highest BCUT2D eigenvalue weighted by molar-refractivity contribution is 6.35. The van der Waals surface area contributed by atoms with Crippen LogP contribution in [0.25, 0.3) is 0 Å². The maximum Gasteiger partial charge on any atom is 0.272 e. The summed E-state index contributed by atoms with van der Waals surface area (Å²) in [5.74, 6) is 0.0617. The zero-order valence-corrected chi connectivity index (χ0v) is 12.5. The molecule has 1 amide bonds. The van der Waals surface area contributed by atoms with Gasteiger partial charge in [0, 0.05) is 23.2 Å². The molecule has 0 spiro atoms. The molecular weight excluding hydrogens is 299 g/mol. The fraction of sp³-hybridized carbons (Fsp3) is 0.231. The normalized spacial score (nSPS) is 12.2. The molecule has 0 saturated carbocycles. The first-order valence-electron chi connectivity index (χ1n) is 5.93. The van der Waals surface area contributed by atoms with Crippen molar-refractivity contribution in [1.82, 2.24) is 15.1 Å². The van der Waals surface area contributed by atoms with E-state index in [-0.39, 0.29) is 17.8 Å². The number of aromatic amines is 1. The van der Waals surface area contributed by atoms with Crippen molar-refractivity contribution < 1.29 is 4.79 Å². The Morgan fingerprint density at radius 2 is 2.10 bits per heavy atom. The maximum absolute atomic E-state index is 12.3. The van der Waals surface area contributed by atoms with Crippen LogP contribution in [0.3, 0.4) is 0 Å². The van der Waals surface area contributed by atoms with Crippen LogP contribution in [-0.4, -0.2) is 28.1 Å². The highest BCUT2D eigenvalue weighted by atomic mass is 35.5. The number of hydrogen-bond acceptors (Lipinski definition) is 3. The van der Waals surface area contributed by atoms with E-state index in [2.05, 4.69) is 10.2 Å². The molecule has 0 saturated heterocycles. The van der Waals surface area contributed by atoms with Crippen molar-refractivity contribution in [3.8, 4) is 0 Å². The Morgan fingerprint density at radius 1 is 1.40 bits per heavy atom. The van der Waals surface area contributed by atoms with Crippen LogP contribution in [0, 0.1) is 0 Å². The van der Waals surface area contributed by atoms with Crippen molar-refractivity contribution in [3.63, 3.8) is 0 Å². The number of nitrogens with two attached hydrogens (primary N) is 1. The number of rotatable bonds is 3. The number of benzene rings is 1. The number of carbonyl (C=O) groups is 1. The predicted octanol–water partition coefficient (Wildman–Crippen LogP) is 3.13. The Labute approximate surface area is 126 Å². The number of H-pyrrole nitrogens is 1. The van der Waals surface area contributed by atoms with Gasteiger partial charge in [-0.15, -0.1) is 0 Å². The van der Waals surface area contributed by atoms with Gasteiger partial charge in [0.05, 0.1) is 6.04 Å². The van der Waals surface area contributed by atoms with Gasteiger partial charge in [0.2, 0.25) is 0 Å². The largest absolute Gasteiger partial charge is 0.382 e. The van der Waals surface area contributed by atoms with Crippen molar-refractivity contribution in [2.45, 2.75) is 13.0 Å². The summed E-state index contributed by atoms with van der Waals surface area (Å²) >= 11 is 12.0. The quantitative estimate of drug-likeness (QED) is 0.914. The molecule has 7 heteroatoms. The molecule has 1 heterocycles. The monoisotopic (exact) mass is 312 g/mol. The topological polar surface area (TPSA) is 75.0 Å². The standard InChI is InChI=1S/C13H14Cl2N4O/c1-7(9-4-3-8(14)5-10(9)15)19(2)13(20)11-6-12(16)18-17-11/h3-7H,1-2H3,(H3,16,17,18). The molecule has 20 heavy (non-hydrogen) atoms. The molecule has 1 atom stereocenters. The third-order valence-corrected chi connectivity index (χ3v) is 3.70. The minimum absolute atomic E-state index is 0.211. The summed E-state index contributed by atoms with van der Waals surface area (Å²) in [7, 11) is 1.69. The van der Waals surface area contributed by atoms with E-state index in [1.165, 1.54) is 6.07 Å². The molecule has 0 aliphatic heterocycles. The van der Waals surface area contributed by atoms with Crippen LogP contribution in [0.5, 0.6) is 0 Å². The zero-order chi connectivity index (χ0) is 14.9. The van der Waals surface area contributed by atoms with Crippen LogP contribution in [-0.2, 0) is 0 Å². The smallest absolute Gasteiger partial charge is 0.272 e. The molecule has 0 bridgehead atoms. The molecule has 1 aromatic carbocycles. The van der Waals surface area contributed by atoms with E-state index >= 15 is 0 Å². The third-order valence-electron chi connectivity index (χ3n) is 3.14. The summed E-state index contributed by atoms with van der Waals surface area (Å²) in [6, 6.07) is 6.49. The van der Waals surface area contributed by atoms with Crippen molar-refractivity contribution in [2.75, 3.05) is 12.8 Å². The summed E-state index contributed by atoms with van der Waals surface area (Å²) in [5, 5.41) is 7.42. The van der Waals surface area contributed by atoms with E-state index in [9.17, 15) is 4.79 Å². The molecular formula is C13H14Cl2N4O. The Morgan fingerprint density at radius 3 is 2.65 bits per heavy atom. The number of aromatic nitrogens is 2. The molecule has 1 unspecified atom stereocenters. The van der Waals surface area contributed by atoms with Crippen LogP contribution in [0.2, 0.25) is 10.0 Å². The lowest BCUT2D eigenvalue weighted by atomic mass is 10.1. The summed E-state index contributed by atoms with van der Waals surface area (Å²) < 4.78 is 0. The average Bonchev–Trinajstić information content (AvgIpc) is 2.83. The van der Waals surface area contributed by atoms with Crippen LogP contribution in [0.4, 0.5) is 5.82 Å². The Hall–Kier alpha value is -1.72. The van der Waals surface area contributed by atoms with Gasteiger partial charge in [-0.2, -0.15) is 5.10 Å². The summed E-state index contributed by atoms with van der Waals surface area (Å²) in [5.41, 5.74) is 6.65. The number of anilines is 1. The number of nitrogens with zero attached hydrogens (tertiary/aromatic N) is 2. The summed E-state index contributed by atoms with van der Waals surface area (Å²) in [4.78, 5) is 13.8. The van der Waals surface area contributed by atoms with Gasteiger partial charge >= 0.3 is 0 Å². The number of carbonyl (C=O) groups excluding carboxylic acids is 1. The number of nitrogens with one attached hydrogen (secondary N) is 1. The van der Waals surface area contributed by atoms with Crippen molar-refractivity contribution >= 4 is 34.9 Å². The van der Waals surface area contributed by atoms with Crippen molar-refractivity contribution in [1.29, 1.82) is 0 Å². The second-order valence-electron chi connectivity index (χ2n) is 4.46. The number of nitrogen functional groups attached to an aromatic ring is 1. The lowest BCUT2D eigenvalue weighted by molar-refractivity contribution is 0.0737. The lowest BCUT2D eigenvalue weighted by Crippen LogP contribution is -2.30. The minimum atomic E-state index is -0.215. The predicted molar refractivity (Wildman–Crippen MR) is 80.0 cm³/mol. The molecule has 0 fully saturated rings. The number of hydrogen-bond donors (Lipinski definition) is 2. The van der Waals surface area contributed by atoms with Crippen LogP contribution < -0.4 is 5.73 Å². The van der Waals surface area contributed by atoms with E-state index in [1.807, 2.05) is 6.92 Å². The van der Waals surface area contributed by atoms with Gasteiger partial charge < -0.3 is 10.6 Å². The van der Waals surface area contributed by atoms with Crippen LogP contribution in [0.15, 0.2) is 24.3 Å². The molecule has 5 nitrogen and oxygen atoms in total. The van der Waals surface area contributed by atoms with Gasteiger partial charge in [-0.1, -0.05) is 29.3 Å². The van der Waals surface area contributed by atoms with E-state index in [4.69, 9.17) is 28.9 Å². The molecule has 1 aromatic heterocycles. The Balaban J connectivity index is 2.24. The van der Waals surface area contributed by atoms with E-state index in [1.54, 1.807) is 30.1 Å². The average molecular weight is 313 g/mol. The van der Waals surface area contributed by atoms with Gasteiger partial charge in [-0.3, -0.25) is 9.89 Å². The summed E-state index contributed by atoms with van der Waals surface area (Å²) in [6.45, 7) is 1.88. The molecule has 2 rings (SSSR count). The fourth-order valence-corrected chi connectivity index (χ4v) is 2.43. The maximum atomic E-state index is 12.3. The minimum Gasteiger partial charge on any atom is -0.382 e. The van der Waals surface area contributed by atoms with Gasteiger partial charge in [-0.05, 0) is 24.6 Å². The summed E-state index contributed by atoms with van der Waals surface area (Å²) in [6.07, 6.45) is 0. The Bertz CT molecular complexity index is 641. The van der Waals surface area contributed by atoms with E-state index in [0.717, 1.165) is 5.56 Å². The van der Waals surface area contributed by atoms with Crippen molar-refractivity contribution in [2.24, 2.45) is 0 Å². The SMILES string of the molecule is CC(c1ccc(Cl)cc1Cl)N(C)C(=O)c1cc(N)n[nH]1. The molecule has 3 N–H and O–H groups in total. The lowest BCUT2D eigenvalue weighted by Gasteiger charge is -2.25. The molecule has 0 aliphatic rings. The highest BCUT2D eigenvalue weighted by Gasteiger charge is 2.22. The first-order chi connectivity index (χ1) is 9.40. The van der Waals surface area contributed by atoms with E-state index < -0.39 is 0 Å². The first kappa shape index (κ1) is 14.7. The second kappa shape index (κ2) is 5.73. The molecule has 2 aromatic rings. The van der Waals surface area contributed by atoms with E-state index in [0.29, 0.717) is 15.7 Å². The molecule has 0 aliphatic carbocycles. The van der Waals surface area contributed by atoms with Crippen molar-refractivity contribution in [3.05, 3.63) is 45.6 Å². The van der Waals surface area contributed by atoms with Gasteiger partial charge in [0.15, 0.2) is 0 Å². The number of amides is 1. The second-order valence-corrected chi connectivity index (χ2v) is 5.31. The zero-order valence-electron chi connectivity index (χ0n) is 11.0. The van der Waals surface area contributed by atoms with Gasteiger partial charge in [0.1, 0.15) is 11.5 Å². The van der Waals surface area contributed by atoms with Gasteiger partial charge in [-0.25, -0.2) is 0 Å². The first-order valence-corrected chi connectivity index (χ1v) is 6.68.